The number of ether oxygens (including phenoxy) is 3. The maximum atomic E-state index is 10.7. The first-order valence-corrected chi connectivity index (χ1v) is 5.09. The molecular formula is C11H16O4. The fourth-order valence-electron chi connectivity index (χ4n) is 1.35. The second-order valence-corrected chi connectivity index (χ2v) is 3.39. The van der Waals surface area contributed by atoms with Crippen molar-refractivity contribution in [1.82, 2.24) is 0 Å². The van der Waals surface area contributed by atoms with Crippen molar-refractivity contribution in [1.29, 1.82) is 0 Å². The molecule has 1 aliphatic heterocycles. The molecule has 0 radical (unpaired) electrons. The summed E-state index contributed by atoms with van der Waals surface area (Å²) in [4.78, 5) is 10.7. The second-order valence-electron chi connectivity index (χ2n) is 3.39. The van der Waals surface area contributed by atoms with Gasteiger partial charge in [0.15, 0.2) is 12.4 Å². The minimum absolute atomic E-state index is 0.195. The molecule has 0 saturated carbocycles. The fraction of sp³-hybridized carbons (Fsp3) is 0.727. The van der Waals surface area contributed by atoms with Crippen molar-refractivity contribution in [3.63, 3.8) is 0 Å². The van der Waals surface area contributed by atoms with Gasteiger partial charge in [0.1, 0.15) is 0 Å². The molecule has 0 aromatic carbocycles. The zero-order chi connectivity index (χ0) is 11.1. The highest BCUT2D eigenvalue weighted by atomic mass is 16.7. The molecule has 4 heteroatoms. The Bertz CT molecular complexity index is 237. The van der Waals surface area contributed by atoms with E-state index in [1.807, 2.05) is 0 Å². The monoisotopic (exact) mass is 212 g/mol. The maximum Gasteiger partial charge on any atom is 0.303 e. The van der Waals surface area contributed by atoms with Crippen LogP contribution in [0.25, 0.3) is 0 Å². The van der Waals surface area contributed by atoms with Crippen molar-refractivity contribution < 1.29 is 19.0 Å². The Morgan fingerprint density at radius 2 is 2.47 bits per heavy atom. The normalized spacial score (nSPS) is 22.8. The predicted molar refractivity (Wildman–Crippen MR) is 53.9 cm³/mol. The van der Waals surface area contributed by atoms with Crippen LogP contribution in [0.3, 0.4) is 0 Å². The Kier molecular flexibility index (Phi) is 5.16. The van der Waals surface area contributed by atoms with E-state index in [9.17, 15) is 4.79 Å². The number of hydrogen-bond acceptors (Lipinski definition) is 4. The Morgan fingerprint density at radius 1 is 1.67 bits per heavy atom. The van der Waals surface area contributed by atoms with E-state index in [2.05, 4.69) is 5.92 Å². The van der Waals surface area contributed by atoms with Gasteiger partial charge in [-0.1, -0.05) is 5.92 Å². The summed E-state index contributed by atoms with van der Waals surface area (Å²) in [5.74, 6) is 1.95. The van der Waals surface area contributed by atoms with Crippen LogP contribution < -0.4 is 0 Å². The first kappa shape index (κ1) is 12.0. The Hall–Kier alpha value is -1.05. The Balaban J connectivity index is 2.21. The number of terminal acetylenes is 1. The topological polar surface area (TPSA) is 44.8 Å². The van der Waals surface area contributed by atoms with Crippen LogP contribution >= 0.6 is 0 Å². The summed E-state index contributed by atoms with van der Waals surface area (Å²) in [6.45, 7) is 2.24. The van der Waals surface area contributed by atoms with Crippen LogP contribution in [-0.2, 0) is 19.0 Å². The van der Waals surface area contributed by atoms with Crippen LogP contribution in [0, 0.1) is 12.3 Å². The average Bonchev–Trinajstić information content (AvgIpc) is 2.25. The van der Waals surface area contributed by atoms with Crippen molar-refractivity contribution >= 4 is 5.97 Å². The average molecular weight is 212 g/mol. The molecule has 2 unspecified atom stereocenters. The van der Waals surface area contributed by atoms with Crippen molar-refractivity contribution in [2.45, 2.75) is 38.6 Å². The number of carbonyl (C=O) groups is 1. The molecule has 1 rings (SSSR count). The molecule has 2 atom stereocenters. The molecule has 0 spiro atoms. The Morgan fingerprint density at radius 3 is 3.00 bits per heavy atom. The number of hydrogen-bond donors (Lipinski definition) is 0. The third-order valence-corrected chi connectivity index (χ3v) is 2.07. The molecule has 0 bridgehead atoms. The fourth-order valence-corrected chi connectivity index (χ4v) is 1.35. The van der Waals surface area contributed by atoms with Gasteiger partial charge in [0.2, 0.25) is 0 Å². The van der Waals surface area contributed by atoms with Crippen molar-refractivity contribution in [3.05, 3.63) is 0 Å². The van der Waals surface area contributed by atoms with Gasteiger partial charge in [-0.3, -0.25) is 4.79 Å². The highest BCUT2D eigenvalue weighted by Gasteiger charge is 2.17. The van der Waals surface area contributed by atoms with Crippen LogP contribution in [-0.4, -0.2) is 31.6 Å². The maximum absolute atomic E-state index is 10.7. The summed E-state index contributed by atoms with van der Waals surface area (Å²) in [6.07, 6.45) is 7.41. The van der Waals surface area contributed by atoms with Crippen LogP contribution in [0.1, 0.15) is 26.2 Å². The minimum atomic E-state index is -0.618. The molecule has 84 valence electrons. The lowest BCUT2D eigenvalue weighted by atomic mass is 10.2. The molecule has 4 nitrogen and oxygen atoms in total. The SMILES string of the molecule is C#CC(COC1CCCCO1)OC(C)=O. The van der Waals surface area contributed by atoms with Crippen LogP contribution in [0.5, 0.6) is 0 Å². The van der Waals surface area contributed by atoms with Crippen LogP contribution in [0.4, 0.5) is 0 Å². The summed E-state index contributed by atoms with van der Waals surface area (Å²) in [7, 11) is 0. The van der Waals surface area contributed by atoms with Gasteiger partial charge in [-0.25, -0.2) is 0 Å². The third-order valence-electron chi connectivity index (χ3n) is 2.07. The molecule has 1 aliphatic rings. The van der Waals surface area contributed by atoms with Crippen LogP contribution in [0.2, 0.25) is 0 Å². The summed E-state index contributed by atoms with van der Waals surface area (Å²) in [5.41, 5.74) is 0. The number of esters is 1. The highest BCUT2D eigenvalue weighted by molar-refractivity contribution is 5.66. The van der Waals surface area contributed by atoms with E-state index in [1.54, 1.807) is 0 Å². The summed E-state index contributed by atoms with van der Waals surface area (Å²) < 4.78 is 15.6. The predicted octanol–water partition coefficient (Wildman–Crippen LogP) is 1.09. The quantitative estimate of drug-likeness (QED) is 0.517. The first-order valence-electron chi connectivity index (χ1n) is 5.09. The minimum Gasteiger partial charge on any atom is -0.447 e. The van der Waals surface area contributed by atoms with E-state index in [0.29, 0.717) is 0 Å². The lowest BCUT2D eigenvalue weighted by Crippen LogP contribution is -2.28. The van der Waals surface area contributed by atoms with Gasteiger partial charge in [-0.2, -0.15) is 0 Å². The molecule has 1 heterocycles. The van der Waals surface area contributed by atoms with Gasteiger partial charge in [0.25, 0.3) is 0 Å². The molecular weight excluding hydrogens is 196 g/mol. The van der Waals surface area contributed by atoms with Crippen molar-refractivity contribution in [2.24, 2.45) is 0 Å². The molecule has 0 aliphatic carbocycles. The molecule has 0 amide bonds. The van der Waals surface area contributed by atoms with Gasteiger partial charge in [-0.15, -0.1) is 6.42 Å². The summed E-state index contributed by atoms with van der Waals surface area (Å²) >= 11 is 0. The lowest BCUT2D eigenvalue weighted by Gasteiger charge is -2.23. The van der Waals surface area contributed by atoms with Gasteiger partial charge in [0, 0.05) is 13.5 Å². The number of carbonyl (C=O) groups excluding carboxylic acids is 1. The van der Waals surface area contributed by atoms with Crippen molar-refractivity contribution in [3.8, 4) is 12.3 Å². The number of rotatable bonds is 4. The molecule has 1 fully saturated rings. The van der Waals surface area contributed by atoms with Gasteiger partial charge < -0.3 is 14.2 Å². The molecule has 1 saturated heterocycles. The summed E-state index contributed by atoms with van der Waals surface area (Å²) in [5, 5.41) is 0. The molecule has 0 N–H and O–H groups in total. The standard InChI is InChI=1S/C11H16O4/c1-3-10(15-9(2)12)8-14-11-6-4-5-7-13-11/h1,10-11H,4-8H2,2H3. The lowest BCUT2D eigenvalue weighted by molar-refractivity contribution is -0.179. The van der Waals surface area contributed by atoms with E-state index in [-0.39, 0.29) is 12.9 Å². The van der Waals surface area contributed by atoms with E-state index in [4.69, 9.17) is 20.6 Å². The van der Waals surface area contributed by atoms with E-state index in [1.165, 1.54) is 6.92 Å². The summed E-state index contributed by atoms with van der Waals surface area (Å²) in [6, 6.07) is 0. The van der Waals surface area contributed by atoms with Gasteiger partial charge in [0.05, 0.1) is 6.61 Å². The zero-order valence-electron chi connectivity index (χ0n) is 8.90. The van der Waals surface area contributed by atoms with E-state index < -0.39 is 12.1 Å². The second kappa shape index (κ2) is 6.44. The first-order chi connectivity index (χ1) is 7.22. The molecule has 0 aromatic rings. The van der Waals surface area contributed by atoms with Gasteiger partial charge >= 0.3 is 5.97 Å². The van der Waals surface area contributed by atoms with E-state index in [0.717, 1.165) is 25.9 Å². The molecule has 15 heavy (non-hydrogen) atoms. The largest absolute Gasteiger partial charge is 0.447 e. The van der Waals surface area contributed by atoms with Crippen molar-refractivity contribution in [2.75, 3.05) is 13.2 Å². The molecule has 0 aromatic heterocycles. The Labute approximate surface area is 89.9 Å². The highest BCUT2D eigenvalue weighted by Crippen LogP contribution is 2.14. The zero-order valence-corrected chi connectivity index (χ0v) is 8.90. The van der Waals surface area contributed by atoms with E-state index >= 15 is 0 Å². The third kappa shape index (κ3) is 4.82. The van der Waals surface area contributed by atoms with Crippen LogP contribution in [0.15, 0.2) is 0 Å². The smallest absolute Gasteiger partial charge is 0.303 e. The van der Waals surface area contributed by atoms with Gasteiger partial charge in [-0.05, 0) is 19.3 Å².